The first-order valence-electron chi connectivity index (χ1n) is 9.61. The van der Waals surface area contributed by atoms with Gasteiger partial charge in [0.2, 0.25) is 5.91 Å². The van der Waals surface area contributed by atoms with Crippen LogP contribution in [0.15, 0.2) is 42.5 Å². The van der Waals surface area contributed by atoms with E-state index in [1.54, 1.807) is 25.1 Å². The Balaban J connectivity index is 1.61. The summed E-state index contributed by atoms with van der Waals surface area (Å²) in [5.41, 5.74) is 2.96. The van der Waals surface area contributed by atoms with E-state index in [4.69, 9.17) is 0 Å². The average Bonchev–Trinajstić information content (AvgIpc) is 3.20. The Labute approximate surface area is 171 Å². The van der Waals surface area contributed by atoms with Gasteiger partial charge in [-0.05, 0) is 48.7 Å². The summed E-state index contributed by atoms with van der Waals surface area (Å²) in [6.45, 7) is 3.68. The van der Waals surface area contributed by atoms with Crippen molar-refractivity contribution in [3.05, 3.63) is 65.4 Å². The molecule has 8 heteroatoms. The van der Waals surface area contributed by atoms with Gasteiger partial charge in [-0.2, -0.15) is 5.10 Å². The van der Waals surface area contributed by atoms with Crippen molar-refractivity contribution in [1.82, 2.24) is 9.78 Å². The van der Waals surface area contributed by atoms with Gasteiger partial charge < -0.3 is 10.6 Å². The summed E-state index contributed by atoms with van der Waals surface area (Å²) >= 11 is 0. The van der Waals surface area contributed by atoms with Crippen molar-refractivity contribution in [2.45, 2.75) is 32.7 Å². The van der Waals surface area contributed by atoms with Gasteiger partial charge in [0.15, 0.2) is 0 Å². The minimum Gasteiger partial charge on any atom is -0.324 e. The predicted molar refractivity (Wildman–Crippen MR) is 109 cm³/mol. The van der Waals surface area contributed by atoms with Crippen LogP contribution < -0.4 is 10.6 Å². The monoisotopic (exact) mass is 410 g/mol. The van der Waals surface area contributed by atoms with Crippen molar-refractivity contribution < 1.29 is 18.4 Å². The third kappa shape index (κ3) is 3.56. The van der Waals surface area contributed by atoms with Crippen LogP contribution in [0.4, 0.5) is 20.3 Å². The Morgan fingerprint density at radius 2 is 1.93 bits per heavy atom. The number of anilines is 2. The van der Waals surface area contributed by atoms with Crippen LogP contribution in [0, 0.1) is 18.6 Å². The number of carbonyl (C=O) groups excluding carboxylic acids is 2. The van der Waals surface area contributed by atoms with E-state index in [-0.39, 0.29) is 23.8 Å². The largest absolute Gasteiger partial charge is 0.324 e. The van der Waals surface area contributed by atoms with Crippen LogP contribution in [0.2, 0.25) is 0 Å². The van der Waals surface area contributed by atoms with Crippen LogP contribution >= 0.6 is 0 Å². The van der Waals surface area contributed by atoms with Gasteiger partial charge >= 0.3 is 0 Å². The molecule has 0 bridgehead atoms. The molecule has 0 saturated carbocycles. The van der Waals surface area contributed by atoms with Crippen molar-refractivity contribution in [3.63, 3.8) is 0 Å². The summed E-state index contributed by atoms with van der Waals surface area (Å²) in [6.07, 6.45) is 0.399. The first-order valence-corrected chi connectivity index (χ1v) is 9.61. The highest BCUT2D eigenvalue weighted by Crippen LogP contribution is 2.38. The molecule has 3 aromatic rings. The Bertz CT molecular complexity index is 1140. The maximum absolute atomic E-state index is 14.0. The fourth-order valence-electron chi connectivity index (χ4n) is 3.58. The van der Waals surface area contributed by atoms with Gasteiger partial charge in [0.25, 0.3) is 5.91 Å². The number of fused-ring (bicyclic) bond motifs is 1. The van der Waals surface area contributed by atoms with Crippen LogP contribution in [0.1, 0.15) is 30.6 Å². The smallest absolute Gasteiger partial charge is 0.251 e. The molecular formula is C22H20F2N4O2. The van der Waals surface area contributed by atoms with E-state index in [2.05, 4.69) is 15.7 Å². The fraction of sp³-hybridized carbons (Fsp3) is 0.227. The molecule has 2 amide bonds. The van der Waals surface area contributed by atoms with Gasteiger partial charge in [-0.3, -0.25) is 9.59 Å². The number of aromatic nitrogens is 2. The third-order valence-electron chi connectivity index (χ3n) is 5.07. The van der Waals surface area contributed by atoms with E-state index < -0.39 is 17.8 Å². The number of aryl methyl sites for hydroxylation is 2. The summed E-state index contributed by atoms with van der Waals surface area (Å²) in [7, 11) is 0. The molecule has 1 aromatic heterocycles. The number of nitrogens with zero attached hydrogens (tertiary/aromatic N) is 2. The highest BCUT2D eigenvalue weighted by Gasteiger charge is 2.36. The zero-order valence-corrected chi connectivity index (χ0v) is 16.5. The fourth-order valence-corrected chi connectivity index (χ4v) is 3.58. The highest BCUT2D eigenvalue weighted by molar-refractivity contribution is 6.04. The molecule has 0 aliphatic carbocycles. The normalized spacial score (nSPS) is 15.1. The lowest BCUT2D eigenvalue weighted by atomic mass is 10.0. The molecular weight excluding hydrogens is 390 g/mol. The van der Waals surface area contributed by atoms with Crippen molar-refractivity contribution >= 4 is 23.3 Å². The number of carbonyl (C=O) groups is 2. The first-order chi connectivity index (χ1) is 14.4. The number of nitrogens with one attached hydrogen (secondary N) is 2. The number of hydrogen-bond donors (Lipinski definition) is 2. The van der Waals surface area contributed by atoms with E-state index in [9.17, 15) is 18.4 Å². The molecule has 30 heavy (non-hydrogen) atoms. The Hall–Kier alpha value is -3.55. The summed E-state index contributed by atoms with van der Waals surface area (Å²) in [6, 6.07) is 9.58. The molecule has 0 fully saturated rings. The van der Waals surface area contributed by atoms with Crippen LogP contribution in [0.5, 0.6) is 0 Å². The molecule has 4 rings (SSSR count). The summed E-state index contributed by atoms with van der Waals surface area (Å²) in [4.78, 5) is 25.0. The van der Waals surface area contributed by atoms with Crippen molar-refractivity contribution in [3.8, 4) is 11.1 Å². The molecule has 1 aliphatic rings. The molecule has 1 aliphatic heterocycles. The maximum Gasteiger partial charge on any atom is 0.251 e. The summed E-state index contributed by atoms with van der Waals surface area (Å²) in [5, 5.41) is 9.81. The van der Waals surface area contributed by atoms with Crippen LogP contribution in [-0.2, 0) is 16.0 Å². The summed E-state index contributed by atoms with van der Waals surface area (Å²) in [5.74, 6) is -1.29. The topological polar surface area (TPSA) is 76.0 Å². The van der Waals surface area contributed by atoms with E-state index in [0.29, 0.717) is 17.8 Å². The molecule has 1 atom stereocenters. The SMILES string of the molecule is CCc1nn2c(c1-c1ccc(F)cc1)NC(=O)C2CC(=O)Nc1ccc(C)cc1F. The van der Waals surface area contributed by atoms with E-state index in [0.717, 1.165) is 16.8 Å². The van der Waals surface area contributed by atoms with E-state index >= 15 is 0 Å². The molecule has 6 nitrogen and oxygen atoms in total. The maximum atomic E-state index is 14.0. The highest BCUT2D eigenvalue weighted by atomic mass is 19.1. The molecule has 0 radical (unpaired) electrons. The summed E-state index contributed by atoms with van der Waals surface area (Å²) < 4.78 is 28.8. The van der Waals surface area contributed by atoms with Crippen molar-refractivity contribution in [2.75, 3.05) is 10.6 Å². The van der Waals surface area contributed by atoms with Gasteiger partial charge in [0, 0.05) is 5.56 Å². The number of benzene rings is 2. The Morgan fingerprint density at radius 3 is 2.60 bits per heavy atom. The zero-order valence-electron chi connectivity index (χ0n) is 16.5. The van der Waals surface area contributed by atoms with Gasteiger partial charge in [-0.1, -0.05) is 25.1 Å². The predicted octanol–water partition coefficient (Wildman–Crippen LogP) is 4.22. The lowest BCUT2D eigenvalue weighted by Crippen LogP contribution is -2.24. The molecule has 0 spiro atoms. The van der Waals surface area contributed by atoms with Crippen molar-refractivity contribution in [1.29, 1.82) is 0 Å². The Morgan fingerprint density at radius 1 is 1.20 bits per heavy atom. The number of hydrogen-bond acceptors (Lipinski definition) is 3. The van der Waals surface area contributed by atoms with Crippen LogP contribution in [-0.4, -0.2) is 21.6 Å². The molecule has 2 N–H and O–H groups in total. The second kappa shape index (κ2) is 7.70. The number of amides is 2. The van der Waals surface area contributed by atoms with Crippen molar-refractivity contribution in [2.24, 2.45) is 0 Å². The van der Waals surface area contributed by atoms with Gasteiger partial charge in [0.1, 0.15) is 23.5 Å². The minimum absolute atomic E-state index is 0.0611. The second-order valence-corrected chi connectivity index (χ2v) is 7.22. The van der Waals surface area contributed by atoms with E-state index in [1.807, 2.05) is 6.92 Å². The van der Waals surface area contributed by atoms with Gasteiger partial charge in [-0.25, -0.2) is 13.5 Å². The minimum atomic E-state index is -0.854. The molecule has 0 saturated heterocycles. The molecule has 2 heterocycles. The number of halogens is 2. The zero-order chi connectivity index (χ0) is 21.4. The molecule has 154 valence electrons. The molecule has 2 aromatic carbocycles. The van der Waals surface area contributed by atoms with Gasteiger partial charge in [0.05, 0.1) is 17.8 Å². The average molecular weight is 410 g/mol. The van der Waals surface area contributed by atoms with E-state index in [1.165, 1.54) is 28.9 Å². The van der Waals surface area contributed by atoms with Crippen LogP contribution in [0.3, 0.4) is 0 Å². The lowest BCUT2D eigenvalue weighted by molar-refractivity contribution is -0.123. The quantitative estimate of drug-likeness (QED) is 0.661. The second-order valence-electron chi connectivity index (χ2n) is 7.22. The van der Waals surface area contributed by atoms with Gasteiger partial charge in [-0.15, -0.1) is 0 Å². The third-order valence-corrected chi connectivity index (χ3v) is 5.07. The molecule has 1 unspecified atom stereocenters. The number of rotatable bonds is 5. The first kappa shape index (κ1) is 19.8. The van der Waals surface area contributed by atoms with Crippen LogP contribution in [0.25, 0.3) is 11.1 Å². The Kier molecular flexibility index (Phi) is 5.07. The lowest BCUT2D eigenvalue weighted by Gasteiger charge is -2.11. The standard InChI is InChI=1S/C22H20F2N4O2/c1-3-16-20(13-5-7-14(23)8-6-13)21-26-22(30)18(28(21)27-16)11-19(29)25-17-9-4-12(2)10-15(17)24/h4-10,18H,3,11H2,1-2H3,(H,25,29)(H,26,30).